The number of ether oxygens (including phenoxy) is 1. The van der Waals surface area contributed by atoms with E-state index in [1.165, 1.54) is 6.92 Å². The third kappa shape index (κ3) is 7.89. The molecular weight excluding hydrogens is 194 g/mol. The molecule has 2 N–H and O–H groups in total. The van der Waals surface area contributed by atoms with Crippen LogP contribution in [-0.4, -0.2) is 45.5 Å². The van der Waals surface area contributed by atoms with Crippen molar-refractivity contribution in [3.05, 3.63) is 0 Å². The van der Waals surface area contributed by atoms with E-state index < -0.39 is 15.6 Å². The second-order valence-electron chi connectivity index (χ2n) is 2.70. The van der Waals surface area contributed by atoms with Crippen LogP contribution < -0.4 is 5.73 Å². The molecule has 0 radical (unpaired) electrons. The van der Waals surface area contributed by atoms with E-state index in [0.717, 1.165) is 0 Å². The molecule has 78 valence electrons. The van der Waals surface area contributed by atoms with Crippen LogP contribution in [0.3, 0.4) is 0 Å². The molecule has 0 aliphatic heterocycles. The fourth-order valence-electron chi connectivity index (χ4n) is 0.753. The molecule has 0 aromatic carbocycles. The van der Waals surface area contributed by atoms with Gasteiger partial charge in [0, 0.05) is 6.54 Å². The Bertz CT molecular complexity index is 247. The molecule has 0 fully saturated rings. The van der Waals surface area contributed by atoms with E-state index >= 15 is 0 Å². The summed E-state index contributed by atoms with van der Waals surface area (Å²) in [5, 5.41) is 0. The van der Waals surface area contributed by atoms with Crippen molar-refractivity contribution in [2.75, 3.05) is 31.3 Å². The first kappa shape index (κ1) is 12.5. The molecule has 0 atom stereocenters. The van der Waals surface area contributed by atoms with E-state index in [0.29, 0.717) is 13.2 Å². The Hall–Kier alpha value is -0.460. The summed E-state index contributed by atoms with van der Waals surface area (Å²) in [4.78, 5) is 10.5. The minimum atomic E-state index is -3.28. The Balaban J connectivity index is 3.71. The quantitative estimate of drug-likeness (QED) is 0.541. The third-order valence-corrected chi connectivity index (χ3v) is 2.86. The first-order valence-corrected chi connectivity index (χ1v) is 5.78. The molecule has 0 rings (SSSR count). The number of hydrogen-bond donors (Lipinski definition) is 1. The summed E-state index contributed by atoms with van der Waals surface area (Å²) in [6.07, 6.45) is 0. The molecule has 6 heteroatoms. The van der Waals surface area contributed by atoms with Crippen LogP contribution in [-0.2, 0) is 19.4 Å². The van der Waals surface area contributed by atoms with Gasteiger partial charge in [-0.2, -0.15) is 0 Å². The molecular formula is C7H15NO4S. The summed E-state index contributed by atoms with van der Waals surface area (Å²) in [5.74, 6) is -0.871. The van der Waals surface area contributed by atoms with Crippen LogP contribution in [0.5, 0.6) is 0 Å². The van der Waals surface area contributed by atoms with Crippen LogP contribution in [0, 0.1) is 0 Å². The standard InChI is InChI=1S/C7H15NO4S/c1-7(9)6-13(10,11)5-4-12-3-2-8/h2-6,8H2,1H3. The van der Waals surface area contributed by atoms with Crippen molar-refractivity contribution in [1.29, 1.82) is 0 Å². The number of sulfone groups is 1. The fourth-order valence-corrected chi connectivity index (χ4v) is 1.89. The second-order valence-corrected chi connectivity index (χ2v) is 4.88. The Labute approximate surface area is 78.2 Å². The first-order chi connectivity index (χ1) is 5.98. The Morgan fingerprint density at radius 2 is 2.00 bits per heavy atom. The molecule has 0 aliphatic carbocycles. The summed E-state index contributed by atoms with van der Waals surface area (Å²) in [7, 11) is -3.28. The first-order valence-electron chi connectivity index (χ1n) is 3.95. The summed E-state index contributed by atoms with van der Waals surface area (Å²) >= 11 is 0. The zero-order valence-electron chi connectivity index (χ0n) is 7.65. The van der Waals surface area contributed by atoms with E-state index in [2.05, 4.69) is 0 Å². The van der Waals surface area contributed by atoms with E-state index in [9.17, 15) is 13.2 Å². The molecule has 0 saturated heterocycles. The molecule has 0 bridgehead atoms. The average Bonchev–Trinajstić information content (AvgIpc) is 1.95. The number of Topliss-reactive ketones (excluding diaryl/α,β-unsaturated/α-hetero) is 1. The maximum absolute atomic E-state index is 11.1. The van der Waals surface area contributed by atoms with E-state index in [1.807, 2.05) is 0 Å². The number of hydrogen-bond acceptors (Lipinski definition) is 5. The van der Waals surface area contributed by atoms with Crippen molar-refractivity contribution < 1.29 is 17.9 Å². The summed E-state index contributed by atoms with van der Waals surface area (Å²) in [6.45, 7) is 2.06. The zero-order valence-corrected chi connectivity index (χ0v) is 8.47. The highest BCUT2D eigenvalue weighted by Crippen LogP contribution is 1.91. The van der Waals surface area contributed by atoms with Gasteiger partial charge in [-0.1, -0.05) is 0 Å². The van der Waals surface area contributed by atoms with Gasteiger partial charge in [0.05, 0.1) is 19.0 Å². The van der Waals surface area contributed by atoms with Crippen molar-refractivity contribution in [1.82, 2.24) is 0 Å². The molecule has 13 heavy (non-hydrogen) atoms. The summed E-state index contributed by atoms with van der Waals surface area (Å²) in [5.41, 5.74) is 5.13. The van der Waals surface area contributed by atoms with Crippen molar-refractivity contribution in [3.63, 3.8) is 0 Å². The highest BCUT2D eigenvalue weighted by molar-refractivity contribution is 7.92. The molecule has 0 saturated carbocycles. The van der Waals surface area contributed by atoms with Gasteiger partial charge in [0.1, 0.15) is 11.5 Å². The van der Waals surface area contributed by atoms with Gasteiger partial charge < -0.3 is 10.5 Å². The predicted molar refractivity (Wildman–Crippen MR) is 49.2 cm³/mol. The van der Waals surface area contributed by atoms with Gasteiger partial charge in [0.2, 0.25) is 0 Å². The van der Waals surface area contributed by atoms with Gasteiger partial charge in [-0.15, -0.1) is 0 Å². The van der Waals surface area contributed by atoms with Crippen LogP contribution in [0.2, 0.25) is 0 Å². The lowest BCUT2D eigenvalue weighted by molar-refractivity contribution is -0.114. The largest absolute Gasteiger partial charge is 0.379 e. The molecule has 0 unspecified atom stereocenters. The zero-order chi connectivity index (χ0) is 10.3. The lowest BCUT2D eigenvalue weighted by atomic mass is 10.5. The number of carbonyl (C=O) groups excluding carboxylic acids is 1. The van der Waals surface area contributed by atoms with Crippen molar-refractivity contribution in [3.8, 4) is 0 Å². The van der Waals surface area contributed by atoms with Crippen LogP contribution in [0.25, 0.3) is 0 Å². The third-order valence-electron chi connectivity index (χ3n) is 1.22. The van der Waals surface area contributed by atoms with Crippen molar-refractivity contribution in [2.45, 2.75) is 6.92 Å². The molecule has 0 aromatic rings. The van der Waals surface area contributed by atoms with Crippen molar-refractivity contribution >= 4 is 15.6 Å². The molecule has 0 aliphatic rings. The number of nitrogens with two attached hydrogens (primary N) is 1. The SMILES string of the molecule is CC(=O)CS(=O)(=O)CCOCCN. The number of carbonyl (C=O) groups is 1. The second kappa shape index (κ2) is 6.06. The smallest absolute Gasteiger partial charge is 0.159 e. The molecule has 5 nitrogen and oxygen atoms in total. The Morgan fingerprint density at radius 3 is 2.46 bits per heavy atom. The van der Waals surface area contributed by atoms with Gasteiger partial charge in [0.25, 0.3) is 0 Å². The van der Waals surface area contributed by atoms with E-state index in [-0.39, 0.29) is 18.1 Å². The minimum Gasteiger partial charge on any atom is -0.379 e. The molecule has 0 heterocycles. The lowest BCUT2D eigenvalue weighted by Crippen LogP contribution is -2.21. The van der Waals surface area contributed by atoms with E-state index in [4.69, 9.17) is 10.5 Å². The van der Waals surface area contributed by atoms with E-state index in [1.54, 1.807) is 0 Å². The van der Waals surface area contributed by atoms with Gasteiger partial charge in [0.15, 0.2) is 9.84 Å². The minimum absolute atomic E-state index is 0.104. The number of rotatable bonds is 7. The number of ketones is 1. The Morgan fingerprint density at radius 1 is 1.38 bits per heavy atom. The Kier molecular flexibility index (Phi) is 5.85. The van der Waals surface area contributed by atoms with Gasteiger partial charge in [-0.25, -0.2) is 8.42 Å². The lowest BCUT2D eigenvalue weighted by Gasteiger charge is -2.02. The topological polar surface area (TPSA) is 86.5 Å². The highest BCUT2D eigenvalue weighted by atomic mass is 32.2. The summed E-state index contributed by atoms with van der Waals surface area (Å²) in [6, 6.07) is 0. The van der Waals surface area contributed by atoms with Crippen LogP contribution in [0.15, 0.2) is 0 Å². The highest BCUT2D eigenvalue weighted by Gasteiger charge is 2.12. The molecule has 0 amide bonds. The van der Waals surface area contributed by atoms with Crippen LogP contribution in [0.4, 0.5) is 0 Å². The average molecular weight is 209 g/mol. The molecule has 0 aromatic heterocycles. The van der Waals surface area contributed by atoms with Crippen LogP contribution in [0.1, 0.15) is 6.92 Å². The van der Waals surface area contributed by atoms with Gasteiger partial charge in [-0.3, -0.25) is 4.79 Å². The van der Waals surface area contributed by atoms with Crippen LogP contribution >= 0.6 is 0 Å². The normalized spacial score (nSPS) is 11.5. The van der Waals surface area contributed by atoms with Gasteiger partial charge in [-0.05, 0) is 6.92 Å². The predicted octanol–water partition coefficient (Wildman–Crippen LogP) is -1.03. The fraction of sp³-hybridized carbons (Fsp3) is 0.857. The summed E-state index contributed by atoms with van der Waals surface area (Å²) < 4.78 is 27.0. The maximum Gasteiger partial charge on any atom is 0.159 e. The van der Waals surface area contributed by atoms with Crippen molar-refractivity contribution in [2.24, 2.45) is 5.73 Å². The molecule has 0 spiro atoms. The monoisotopic (exact) mass is 209 g/mol. The van der Waals surface area contributed by atoms with Gasteiger partial charge >= 0.3 is 0 Å². The maximum atomic E-state index is 11.1.